The fraction of sp³-hybridized carbons (Fsp3) is 0.318. The topological polar surface area (TPSA) is 116 Å². The Morgan fingerprint density at radius 3 is 2.14 bits per heavy atom. The van der Waals surface area contributed by atoms with Crippen molar-refractivity contribution in [3.8, 4) is 11.1 Å². The van der Waals surface area contributed by atoms with E-state index in [2.05, 4.69) is 10.6 Å². The van der Waals surface area contributed by atoms with E-state index >= 15 is 0 Å². The summed E-state index contributed by atoms with van der Waals surface area (Å²) in [4.78, 5) is 33.8. The molecule has 2 atom stereocenters. The molecule has 4 N–H and O–H groups in total. The van der Waals surface area contributed by atoms with Gasteiger partial charge in [-0.05, 0) is 29.5 Å². The normalized spacial score (nSPS) is 12.6. The number of carboxylic acids is 2. The molecule has 0 saturated heterocycles. The summed E-state index contributed by atoms with van der Waals surface area (Å²) in [5.74, 6) is -2.55. The molecular weight excluding hydrogens is 372 g/mol. The van der Waals surface area contributed by atoms with E-state index in [9.17, 15) is 19.5 Å². The molecule has 0 heterocycles. The van der Waals surface area contributed by atoms with E-state index in [1.165, 1.54) is 0 Å². The van der Waals surface area contributed by atoms with Crippen LogP contribution in [0.4, 0.5) is 4.79 Å². The van der Waals surface area contributed by atoms with Crippen LogP contribution < -0.4 is 10.6 Å². The Morgan fingerprint density at radius 2 is 1.55 bits per heavy atom. The van der Waals surface area contributed by atoms with Crippen LogP contribution in [0.15, 0.2) is 54.6 Å². The van der Waals surface area contributed by atoms with Gasteiger partial charge in [-0.15, -0.1) is 0 Å². The maximum absolute atomic E-state index is 12.1. The molecule has 2 amide bonds. The first-order valence-electron chi connectivity index (χ1n) is 9.48. The number of carbonyl (C=O) groups is 3. The van der Waals surface area contributed by atoms with Gasteiger partial charge >= 0.3 is 18.0 Å². The van der Waals surface area contributed by atoms with Gasteiger partial charge in [0, 0.05) is 12.6 Å². The van der Waals surface area contributed by atoms with E-state index in [1.54, 1.807) is 6.92 Å². The third-order valence-corrected chi connectivity index (χ3v) is 4.56. The fourth-order valence-corrected chi connectivity index (χ4v) is 2.99. The van der Waals surface area contributed by atoms with Crippen molar-refractivity contribution in [1.82, 2.24) is 10.6 Å². The highest BCUT2D eigenvalue weighted by Crippen LogP contribution is 2.20. The Labute approximate surface area is 169 Å². The second-order valence-corrected chi connectivity index (χ2v) is 6.98. The highest BCUT2D eigenvalue weighted by atomic mass is 16.4. The monoisotopic (exact) mass is 398 g/mol. The first kappa shape index (κ1) is 21.9. The van der Waals surface area contributed by atoms with Crippen molar-refractivity contribution in [2.24, 2.45) is 5.92 Å². The van der Waals surface area contributed by atoms with Crippen LogP contribution in [0, 0.1) is 5.92 Å². The zero-order valence-corrected chi connectivity index (χ0v) is 16.3. The Bertz CT molecular complexity index is 821. The van der Waals surface area contributed by atoms with Gasteiger partial charge in [0.05, 0.1) is 12.3 Å². The minimum atomic E-state index is -1.00. The molecule has 0 unspecified atom stereocenters. The third-order valence-electron chi connectivity index (χ3n) is 4.56. The van der Waals surface area contributed by atoms with Crippen molar-refractivity contribution in [2.45, 2.75) is 32.2 Å². The van der Waals surface area contributed by atoms with Crippen molar-refractivity contribution < 1.29 is 24.6 Å². The van der Waals surface area contributed by atoms with Gasteiger partial charge in [-0.25, -0.2) is 4.79 Å². The number of aliphatic carboxylic acids is 2. The van der Waals surface area contributed by atoms with E-state index in [0.29, 0.717) is 6.42 Å². The first-order valence-corrected chi connectivity index (χ1v) is 9.48. The summed E-state index contributed by atoms with van der Waals surface area (Å²) in [6.45, 7) is 1.60. The molecule has 29 heavy (non-hydrogen) atoms. The van der Waals surface area contributed by atoms with Gasteiger partial charge < -0.3 is 20.8 Å². The molecule has 7 heteroatoms. The second kappa shape index (κ2) is 10.8. The number of urea groups is 1. The molecular formula is C22H26N2O5. The molecule has 154 valence electrons. The predicted octanol–water partition coefficient (Wildman–Crippen LogP) is 3.15. The van der Waals surface area contributed by atoms with Crippen LogP contribution in [0.3, 0.4) is 0 Å². The zero-order chi connectivity index (χ0) is 21.2. The SMILES string of the molecule is C[C@H](C[C@@H](Cc1ccc(-c2ccccc2)cc1)NC(=O)NCCC(=O)O)C(=O)O. The smallest absolute Gasteiger partial charge is 0.315 e. The van der Waals surface area contributed by atoms with Crippen molar-refractivity contribution in [1.29, 1.82) is 0 Å². The van der Waals surface area contributed by atoms with Crippen LogP contribution in [0.25, 0.3) is 11.1 Å². The predicted molar refractivity (Wildman–Crippen MR) is 110 cm³/mol. The summed E-state index contributed by atoms with van der Waals surface area (Å²) < 4.78 is 0. The molecule has 0 aliphatic carbocycles. The highest BCUT2D eigenvalue weighted by molar-refractivity contribution is 5.75. The Balaban J connectivity index is 2.03. The maximum atomic E-state index is 12.1. The summed E-state index contributed by atoms with van der Waals surface area (Å²) in [5.41, 5.74) is 3.15. The minimum absolute atomic E-state index is 0.00808. The van der Waals surface area contributed by atoms with Gasteiger partial charge in [-0.3, -0.25) is 9.59 Å². The van der Waals surface area contributed by atoms with Gasteiger partial charge in [0.25, 0.3) is 0 Å². The van der Waals surface area contributed by atoms with Crippen LogP contribution in [-0.4, -0.2) is 40.8 Å². The average molecular weight is 398 g/mol. The Morgan fingerprint density at radius 1 is 0.931 bits per heavy atom. The van der Waals surface area contributed by atoms with Crippen molar-refractivity contribution in [3.05, 3.63) is 60.2 Å². The van der Waals surface area contributed by atoms with Crippen LogP contribution in [0.1, 0.15) is 25.3 Å². The summed E-state index contributed by atoms with van der Waals surface area (Å²) in [7, 11) is 0. The maximum Gasteiger partial charge on any atom is 0.315 e. The number of hydrogen-bond donors (Lipinski definition) is 4. The summed E-state index contributed by atoms with van der Waals surface area (Å²) in [5, 5.41) is 23.1. The summed E-state index contributed by atoms with van der Waals surface area (Å²) in [6, 6.07) is 17.0. The van der Waals surface area contributed by atoms with E-state index in [1.807, 2.05) is 54.6 Å². The number of rotatable bonds is 10. The lowest BCUT2D eigenvalue weighted by atomic mass is 9.95. The molecule has 0 aromatic heterocycles. The number of benzene rings is 2. The van der Waals surface area contributed by atoms with Crippen LogP contribution in [0.2, 0.25) is 0 Å². The molecule has 0 aliphatic heterocycles. The molecule has 0 spiro atoms. The number of carboxylic acid groups (broad SMARTS) is 2. The van der Waals surface area contributed by atoms with E-state index < -0.39 is 29.9 Å². The number of amides is 2. The quantitative estimate of drug-likeness (QED) is 0.491. The Hall–Kier alpha value is -3.35. The van der Waals surface area contributed by atoms with Crippen LogP contribution in [0.5, 0.6) is 0 Å². The third kappa shape index (κ3) is 7.65. The van der Waals surface area contributed by atoms with Gasteiger partial charge in [0.15, 0.2) is 0 Å². The average Bonchev–Trinajstić information content (AvgIpc) is 2.68. The lowest BCUT2D eigenvalue weighted by molar-refractivity contribution is -0.141. The zero-order valence-electron chi connectivity index (χ0n) is 16.3. The Kier molecular flexibility index (Phi) is 8.21. The van der Waals surface area contributed by atoms with E-state index in [4.69, 9.17) is 5.11 Å². The molecule has 7 nitrogen and oxygen atoms in total. The molecule has 0 fully saturated rings. The molecule has 0 radical (unpaired) electrons. The number of nitrogens with one attached hydrogen (secondary N) is 2. The van der Waals surface area contributed by atoms with E-state index in [-0.39, 0.29) is 19.4 Å². The van der Waals surface area contributed by atoms with E-state index in [0.717, 1.165) is 16.7 Å². The van der Waals surface area contributed by atoms with Gasteiger partial charge in [0.2, 0.25) is 0 Å². The van der Waals surface area contributed by atoms with Crippen LogP contribution in [-0.2, 0) is 16.0 Å². The van der Waals surface area contributed by atoms with Crippen LogP contribution >= 0.6 is 0 Å². The van der Waals surface area contributed by atoms with Gasteiger partial charge in [0.1, 0.15) is 0 Å². The number of hydrogen-bond acceptors (Lipinski definition) is 3. The van der Waals surface area contributed by atoms with Crippen molar-refractivity contribution in [3.63, 3.8) is 0 Å². The summed E-state index contributed by atoms with van der Waals surface area (Å²) >= 11 is 0. The minimum Gasteiger partial charge on any atom is -0.481 e. The van der Waals surface area contributed by atoms with Crippen molar-refractivity contribution in [2.75, 3.05) is 6.54 Å². The largest absolute Gasteiger partial charge is 0.481 e. The van der Waals surface area contributed by atoms with Gasteiger partial charge in [-0.1, -0.05) is 61.5 Å². The first-order chi connectivity index (χ1) is 13.8. The van der Waals surface area contributed by atoms with Crippen molar-refractivity contribution >= 4 is 18.0 Å². The molecule has 0 saturated carbocycles. The fourth-order valence-electron chi connectivity index (χ4n) is 2.99. The molecule has 0 aliphatic rings. The standard InChI is InChI=1S/C22H26N2O5/c1-15(21(27)28)13-19(24-22(29)23-12-11-20(25)26)14-16-7-9-18(10-8-16)17-5-3-2-4-6-17/h2-10,15,19H,11-14H2,1H3,(H,25,26)(H,27,28)(H2,23,24,29)/t15-,19+/m1/s1. The molecule has 0 bridgehead atoms. The highest BCUT2D eigenvalue weighted by Gasteiger charge is 2.20. The summed E-state index contributed by atoms with van der Waals surface area (Å²) in [6.07, 6.45) is 0.561. The second-order valence-electron chi connectivity index (χ2n) is 6.98. The lowest BCUT2D eigenvalue weighted by Crippen LogP contribution is -2.44. The molecule has 2 rings (SSSR count). The lowest BCUT2D eigenvalue weighted by Gasteiger charge is -2.21. The molecule has 2 aromatic rings. The van der Waals surface area contributed by atoms with Gasteiger partial charge in [-0.2, -0.15) is 0 Å². The molecule has 2 aromatic carbocycles. The number of carbonyl (C=O) groups excluding carboxylic acids is 1.